The van der Waals surface area contributed by atoms with Gasteiger partial charge in [-0.15, -0.1) is 11.8 Å². The maximum Gasteiger partial charge on any atom is 0.173 e. The quantitative estimate of drug-likeness (QED) is 0.472. The number of hydrogen-bond acceptors (Lipinski definition) is 7. The van der Waals surface area contributed by atoms with E-state index in [1.165, 1.54) is 0 Å². The lowest BCUT2D eigenvalue weighted by Gasteiger charge is -2.39. The molecule has 6 N–H and O–H groups in total. The summed E-state index contributed by atoms with van der Waals surface area (Å²) < 4.78 is 5.95. The van der Waals surface area contributed by atoms with Gasteiger partial charge in [0.15, 0.2) is 5.44 Å². The number of halogens is 1. The second-order valence-electron chi connectivity index (χ2n) is 6.49. The van der Waals surface area contributed by atoms with Crippen LogP contribution in [0.5, 0.6) is 5.75 Å². The Morgan fingerprint density at radius 2 is 1.70 bits per heavy atom. The van der Waals surface area contributed by atoms with Gasteiger partial charge >= 0.3 is 0 Å². The highest BCUT2D eigenvalue weighted by Gasteiger charge is 2.44. The van der Waals surface area contributed by atoms with Crippen molar-refractivity contribution in [2.24, 2.45) is 0 Å². The van der Waals surface area contributed by atoms with E-state index in [1.54, 1.807) is 18.2 Å². The van der Waals surface area contributed by atoms with Crippen molar-refractivity contribution < 1.29 is 25.2 Å². The van der Waals surface area contributed by atoms with Gasteiger partial charge in [0, 0.05) is 22.7 Å². The summed E-state index contributed by atoms with van der Waals surface area (Å²) in [5.41, 5.74) is 7.37. The molecule has 3 rings (SSSR count). The molecule has 1 aliphatic heterocycles. The molecule has 2 aromatic carbocycles. The number of aliphatic hydroxyl groups is 4. The van der Waals surface area contributed by atoms with Crippen molar-refractivity contribution in [2.75, 3.05) is 12.3 Å². The molecule has 8 heteroatoms. The van der Waals surface area contributed by atoms with Gasteiger partial charge in [-0.25, -0.2) is 0 Å². The average Bonchev–Trinajstić information content (AvgIpc) is 2.66. The van der Waals surface area contributed by atoms with Gasteiger partial charge in [-0.05, 0) is 35.9 Å². The summed E-state index contributed by atoms with van der Waals surface area (Å²) in [7, 11) is 0. The van der Waals surface area contributed by atoms with Crippen molar-refractivity contribution in [1.82, 2.24) is 0 Å². The number of aliphatic hydroxyl groups excluding tert-OH is 4. The molecular formula is C19H22ClNO5S. The molecule has 0 saturated carbocycles. The Balaban J connectivity index is 1.83. The zero-order valence-corrected chi connectivity index (χ0v) is 16.0. The molecule has 1 aliphatic rings. The molecule has 1 heterocycles. The molecule has 27 heavy (non-hydrogen) atoms. The highest BCUT2D eigenvalue weighted by molar-refractivity contribution is 8.00. The number of hydrogen-bond donors (Lipinski definition) is 5. The summed E-state index contributed by atoms with van der Waals surface area (Å²) in [5, 5.41) is 39.5. The molecular weight excluding hydrogens is 390 g/mol. The maximum atomic E-state index is 10.3. The third kappa shape index (κ3) is 4.68. The van der Waals surface area contributed by atoms with E-state index in [0.717, 1.165) is 22.9 Å². The van der Waals surface area contributed by atoms with Crippen LogP contribution in [0.15, 0.2) is 42.5 Å². The SMILES string of the molecule is Nc1ccc(Cc2cc(Cl)ccc2O[C@H]2S[C@@H](CO)[C@@H](O)[C@H](O)[C@H]2O)cc1. The largest absolute Gasteiger partial charge is 0.477 e. The molecule has 0 aliphatic carbocycles. The molecule has 1 saturated heterocycles. The Morgan fingerprint density at radius 1 is 1.00 bits per heavy atom. The van der Waals surface area contributed by atoms with Gasteiger partial charge in [-0.1, -0.05) is 23.7 Å². The zero-order chi connectivity index (χ0) is 19.6. The van der Waals surface area contributed by atoms with Gasteiger partial charge in [0.1, 0.15) is 18.0 Å². The number of anilines is 1. The third-order valence-corrected chi connectivity index (χ3v) is 6.14. The number of nitrogens with two attached hydrogens (primary N) is 1. The molecule has 0 spiro atoms. The van der Waals surface area contributed by atoms with E-state index >= 15 is 0 Å². The van der Waals surface area contributed by atoms with E-state index in [-0.39, 0.29) is 6.61 Å². The van der Waals surface area contributed by atoms with Crippen molar-refractivity contribution >= 4 is 29.1 Å². The second-order valence-corrected chi connectivity index (χ2v) is 8.26. The highest BCUT2D eigenvalue weighted by atomic mass is 35.5. The summed E-state index contributed by atoms with van der Waals surface area (Å²) >= 11 is 7.22. The normalized spacial score (nSPS) is 28.1. The first-order valence-electron chi connectivity index (χ1n) is 8.49. The third-order valence-electron chi connectivity index (χ3n) is 4.49. The van der Waals surface area contributed by atoms with Crippen LogP contribution in [0.2, 0.25) is 5.02 Å². The van der Waals surface area contributed by atoms with E-state index in [0.29, 0.717) is 22.9 Å². The van der Waals surface area contributed by atoms with E-state index < -0.39 is 29.0 Å². The Hall–Kier alpha value is -1.48. The maximum absolute atomic E-state index is 10.3. The molecule has 0 radical (unpaired) electrons. The fraction of sp³-hybridized carbons (Fsp3) is 0.368. The Bertz CT molecular complexity index is 773. The Morgan fingerprint density at radius 3 is 2.37 bits per heavy atom. The smallest absolute Gasteiger partial charge is 0.173 e. The fourth-order valence-corrected chi connectivity index (χ4v) is 4.37. The molecule has 0 aromatic heterocycles. The van der Waals surface area contributed by atoms with Crippen LogP contribution >= 0.6 is 23.4 Å². The van der Waals surface area contributed by atoms with Crippen molar-refractivity contribution in [3.8, 4) is 5.75 Å². The molecule has 5 atom stereocenters. The van der Waals surface area contributed by atoms with Crippen LogP contribution in [0.4, 0.5) is 5.69 Å². The molecule has 0 bridgehead atoms. The number of benzene rings is 2. The topological polar surface area (TPSA) is 116 Å². The molecule has 146 valence electrons. The van der Waals surface area contributed by atoms with Crippen LogP contribution in [0.3, 0.4) is 0 Å². The minimum absolute atomic E-state index is 0.339. The van der Waals surface area contributed by atoms with Crippen LogP contribution in [-0.2, 0) is 6.42 Å². The number of ether oxygens (including phenoxy) is 1. The lowest BCUT2D eigenvalue weighted by Crippen LogP contribution is -2.55. The standard InChI is InChI=1S/C19H22ClNO5S/c20-12-3-6-14(11(8-12)7-10-1-4-13(21)5-2-10)26-19-18(25)17(24)16(23)15(9-22)27-19/h1-6,8,15-19,22-25H,7,9,21H2/t15-,16+,17-,18+,19-/m0/s1. The van der Waals surface area contributed by atoms with Crippen LogP contribution in [0.1, 0.15) is 11.1 Å². The van der Waals surface area contributed by atoms with Gasteiger partial charge in [-0.3, -0.25) is 0 Å². The Kier molecular flexibility index (Phi) is 6.52. The molecule has 2 aromatic rings. The predicted molar refractivity (Wildman–Crippen MR) is 106 cm³/mol. The van der Waals surface area contributed by atoms with Crippen molar-refractivity contribution in [1.29, 1.82) is 0 Å². The van der Waals surface area contributed by atoms with E-state index in [4.69, 9.17) is 22.1 Å². The summed E-state index contributed by atoms with van der Waals surface area (Å²) in [6, 6.07) is 12.6. The van der Waals surface area contributed by atoms with E-state index in [1.807, 2.05) is 24.3 Å². The van der Waals surface area contributed by atoms with Gasteiger partial charge in [0.2, 0.25) is 0 Å². The minimum Gasteiger partial charge on any atom is -0.477 e. The van der Waals surface area contributed by atoms with Gasteiger partial charge in [0.25, 0.3) is 0 Å². The Labute approximate surface area is 166 Å². The van der Waals surface area contributed by atoms with Crippen LogP contribution in [0, 0.1) is 0 Å². The molecule has 0 amide bonds. The monoisotopic (exact) mass is 411 g/mol. The molecule has 0 unspecified atom stereocenters. The molecule has 6 nitrogen and oxygen atoms in total. The van der Waals surface area contributed by atoms with Crippen molar-refractivity contribution in [2.45, 2.75) is 35.4 Å². The van der Waals surface area contributed by atoms with E-state index in [2.05, 4.69) is 0 Å². The second kappa shape index (κ2) is 8.68. The first-order chi connectivity index (χ1) is 12.9. The number of thioether (sulfide) groups is 1. The first kappa shape index (κ1) is 20.3. The lowest BCUT2D eigenvalue weighted by atomic mass is 10.0. The summed E-state index contributed by atoms with van der Waals surface area (Å²) in [6.45, 7) is -0.339. The predicted octanol–water partition coefficient (Wildman–Crippen LogP) is 1.41. The van der Waals surface area contributed by atoms with Gasteiger partial charge < -0.3 is 30.9 Å². The molecule has 1 fully saturated rings. The number of rotatable bonds is 5. The van der Waals surface area contributed by atoms with Crippen molar-refractivity contribution in [3.05, 3.63) is 58.6 Å². The average molecular weight is 412 g/mol. The summed E-state index contributed by atoms with van der Waals surface area (Å²) in [5.74, 6) is 0.507. The van der Waals surface area contributed by atoms with E-state index in [9.17, 15) is 20.4 Å². The number of nitrogen functional groups attached to an aromatic ring is 1. The van der Waals surface area contributed by atoms with Gasteiger partial charge in [0.05, 0.1) is 18.0 Å². The van der Waals surface area contributed by atoms with Gasteiger partial charge in [-0.2, -0.15) is 0 Å². The summed E-state index contributed by atoms with van der Waals surface area (Å²) in [4.78, 5) is 0. The summed E-state index contributed by atoms with van der Waals surface area (Å²) in [6.07, 6.45) is -3.39. The minimum atomic E-state index is -1.40. The van der Waals surface area contributed by atoms with Crippen molar-refractivity contribution in [3.63, 3.8) is 0 Å². The zero-order valence-electron chi connectivity index (χ0n) is 14.4. The van der Waals surface area contributed by atoms with Crippen LogP contribution < -0.4 is 10.5 Å². The highest BCUT2D eigenvalue weighted by Crippen LogP contribution is 2.36. The fourth-order valence-electron chi connectivity index (χ4n) is 2.95. The lowest BCUT2D eigenvalue weighted by molar-refractivity contribution is -0.0910. The van der Waals surface area contributed by atoms with Crippen LogP contribution in [-0.4, -0.2) is 56.0 Å². The van der Waals surface area contributed by atoms with Crippen LogP contribution in [0.25, 0.3) is 0 Å². The first-order valence-corrected chi connectivity index (χ1v) is 9.81.